The van der Waals surface area contributed by atoms with Gasteiger partial charge < -0.3 is 5.11 Å². The van der Waals surface area contributed by atoms with Crippen molar-refractivity contribution in [2.75, 3.05) is 17.8 Å². The lowest BCUT2D eigenvalue weighted by Crippen LogP contribution is -2.34. The highest BCUT2D eigenvalue weighted by Gasteiger charge is 2.32. The Balaban J connectivity index is 2.43. The summed E-state index contributed by atoms with van der Waals surface area (Å²) in [4.78, 5) is 0. The van der Waals surface area contributed by atoms with E-state index in [4.69, 9.17) is 0 Å². The van der Waals surface area contributed by atoms with Gasteiger partial charge in [-0.25, -0.2) is 8.42 Å². The Labute approximate surface area is 109 Å². The smallest absolute Gasteiger partial charge is 0.150 e. The van der Waals surface area contributed by atoms with Crippen LogP contribution in [-0.4, -0.2) is 42.6 Å². The molecule has 0 aromatic rings. The molecular formula is C12H24O3S2. The van der Waals surface area contributed by atoms with Crippen molar-refractivity contribution >= 4 is 21.6 Å². The highest BCUT2D eigenvalue weighted by molar-refractivity contribution is 7.99. The third-order valence-corrected chi connectivity index (χ3v) is 6.37. The van der Waals surface area contributed by atoms with E-state index >= 15 is 0 Å². The zero-order chi connectivity index (χ0) is 12.9. The van der Waals surface area contributed by atoms with Crippen molar-refractivity contribution in [2.45, 2.75) is 50.4 Å². The fourth-order valence-corrected chi connectivity index (χ4v) is 4.56. The number of sulfone groups is 1. The number of hydrogen-bond donors (Lipinski definition) is 1. The molecule has 1 aliphatic carbocycles. The van der Waals surface area contributed by atoms with Crippen LogP contribution in [0.5, 0.6) is 0 Å². The van der Waals surface area contributed by atoms with Crippen LogP contribution in [0.4, 0.5) is 0 Å². The van der Waals surface area contributed by atoms with Gasteiger partial charge >= 0.3 is 0 Å². The van der Waals surface area contributed by atoms with Gasteiger partial charge in [0, 0.05) is 12.0 Å². The highest BCUT2D eigenvalue weighted by Crippen LogP contribution is 2.31. The van der Waals surface area contributed by atoms with E-state index in [-0.39, 0.29) is 17.3 Å². The van der Waals surface area contributed by atoms with Crippen LogP contribution in [0, 0.1) is 5.92 Å². The van der Waals surface area contributed by atoms with Crippen LogP contribution < -0.4 is 0 Å². The first-order valence-corrected chi connectivity index (χ1v) is 9.50. The first-order chi connectivity index (χ1) is 7.95. The first-order valence-electron chi connectivity index (χ1n) is 6.39. The van der Waals surface area contributed by atoms with E-state index in [2.05, 4.69) is 6.92 Å². The SMILES string of the molecule is CCCSCC(O)C1CCCC(S(C)(=O)=O)C1. The maximum Gasteiger partial charge on any atom is 0.150 e. The van der Waals surface area contributed by atoms with E-state index in [1.165, 1.54) is 6.26 Å². The Morgan fingerprint density at radius 3 is 2.71 bits per heavy atom. The molecular weight excluding hydrogens is 256 g/mol. The van der Waals surface area contributed by atoms with Gasteiger partial charge in [0.1, 0.15) is 9.84 Å². The van der Waals surface area contributed by atoms with Crippen LogP contribution in [0.3, 0.4) is 0 Å². The zero-order valence-electron chi connectivity index (χ0n) is 10.8. The molecule has 3 nitrogen and oxygen atoms in total. The molecule has 1 N–H and O–H groups in total. The maximum atomic E-state index is 11.5. The molecule has 5 heteroatoms. The minimum atomic E-state index is -2.94. The lowest BCUT2D eigenvalue weighted by atomic mass is 9.85. The molecule has 0 spiro atoms. The Hall–Kier alpha value is 0.260. The predicted molar refractivity (Wildman–Crippen MR) is 74.2 cm³/mol. The molecule has 0 amide bonds. The molecule has 0 radical (unpaired) electrons. The van der Waals surface area contributed by atoms with Gasteiger partial charge in [-0.3, -0.25) is 0 Å². The van der Waals surface area contributed by atoms with Crippen molar-refractivity contribution in [1.29, 1.82) is 0 Å². The highest BCUT2D eigenvalue weighted by atomic mass is 32.2. The van der Waals surface area contributed by atoms with E-state index in [0.717, 1.165) is 37.2 Å². The van der Waals surface area contributed by atoms with Crippen LogP contribution in [0.25, 0.3) is 0 Å². The molecule has 1 aliphatic rings. The van der Waals surface area contributed by atoms with Gasteiger partial charge in [-0.1, -0.05) is 13.3 Å². The summed E-state index contributed by atoms with van der Waals surface area (Å²) in [5, 5.41) is 9.84. The molecule has 102 valence electrons. The van der Waals surface area contributed by atoms with E-state index in [1.807, 2.05) is 0 Å². The summed E-state index contributed by atoms with van der Waals surface area (Å²) in [6, 6.07) is 0. The molecule has 0 heterocycles. The second-order valence-electron chi connectivity index (χ2n) is 5.02. The molecule has 0 saturated heterocycles. The molecule has 1 fully saturated rings. The fourth-order valence-electron chi connectivity index (χ4n) is 2.40. The summed E-state index contributed by atoms with van der Waals surface area (Å²) in [5.41, 5.74) is 0. The van der Waals surface area contributed by atoms with E-state index < -0.39 is 9.84 Å². The van der Waals surface area contributed by atoms with Gasteiger partial charge in [-0.2, -0.15) is 11.8 Å². The van der Waals surface area contributed by atoms with Crippen molar-refractivity contribution in [3.05, 3.63) is 0 Å². The number of hydrogen-bond acceptors (Lipinski definition) is 4. The lowest BCUT2D eigenvalue weighted by molar-refractivity contribution is 0.106. The first kappa shape index (κ1) is 15.3. The number of thioether (sulfide) groups is 1. The molecule has 1 saturated carbocycles. The second kappa shape index (κ2) is 7.00. The minimum absolute atomic E-state index is 0.174. The molecule has 0 aromatic heterocycles. The predicted octanol–water partition coefficient (Wildman–Crippen LogP) is 2.09. The van der Waals surface area contributed by atoms with Crippen molar-refractivity contribution in [2.24, 2.45) is 5.92 Å². The monoisotopic (exact) mass is 280 g/mol. The van der Waals surface area contributed by atoms with Gasteiger partial charge in [0.2, 0.25) is 0 Å². The average molecular weight is 280 g/mol. The van der Waals surface area contributed by atoms with Crippen molar-refractivity contribution in [3.63, 3.8) is 0 Å². The third kappa shape index (κ3) is 5.18. The molecule has 0 aromatic carbocycles. The van der Waals surface area contributed by atoms with Crippen LogP contribution >= 0.6 is 11.8 Å². The largest absolute Gasteiger partial charge is 0.392 e. The summed E-state index contributed by atoms with van der Waals surface area (Å²) in [6.07, 6.45) is 5.41. The summed E-state index contributed by atoms with van der Waals surface area (Å²) in [7, 11) is -2.94. The number of aliphatic hydroxyl groups is 1. The van der Waals surface area contributed by atoms with Crippen molar-refractivity contribution in [1.82, 2.24) is 0 Å². The summed E-state index contributed by atoms with van der Waals surface area (Å²) < 4.78 is 23.1. The van der Waals surface area contributed by atoms with Gasteiger partial charge in [-0.15, -0.1) is 0 Å². The van der Waals surface area contributed by atoms with Gasteiger partial charge in [0.15, 0.2) is 0 Å². The summed E-state index contributed by atoms with van der Waals surface area (Å²) in [5.74, 6) is 1.99. The third-order valence-electron chi connectivity index (χ3n) is 3.45. The Kier molecular flexibility index (Phi) is 6.31. The van der Waals surface area contributed by atoms with Crippen LogP contribution in [0.1, 0.15) is 39.0 Å². The number of aliphatic hydroxyl groups excluding tert-OH is 1. The fraction of sp³-hybridized carbons (Fsp3) is 1.00. The zero-order valence-corrected chi connectivity index (χ0v) is 12.4. The topological polar surface area (TPSA) is 54.4 Å². The Morgan fingerprint density at radius 2 is 2.12 bits per heavy atom. The normalized spacial score (nSPS) is 27.9. The van der Waals surface area contributed by atoms with E-state index in [0.29, 0.717) is 6.42 Å². The second-order valence-corrected chi connectivity index (χ2v) is 8.50. The molecule has 17 heavy (non-hydrogen) atoms. The van der Waals surface area contributed by atoms with Crippen molar-refractivity contribution < 1.29 is 13.5 Å². The van der Waals surface area contributed by atoms with Crippen molar-refractivity contribution in [3.8, 4) is 0 Å². The number of rotatable bonds is 6. The Morgan fingerprint density at radius 1 is 1.41 bits per heavy atom. The summed E-state index contributed by atoms with van der Waals surface area (Å²) in [6.45, 7) is 2.12. The van der Waals surface area contributed by atoms with Crippen LogP contribution in [-0.2, 0) is 9.84 Å². The van der Waals surface area contributed by atoms with Gasteiger partial charge in [-0.05, 0) is 37.4 Å². The summed E-state index contributed by atoms with van der Waals surface area (Å²) >= 11 is 1.76. The van der Waals surface area contributed by atoms with E-state index in [1.54, 1.807) is 11.8 Å². The van der Waals surface area contributed by atoms with Crippen LogP contribution in [0.15, 0.2) is 0 Å². The maximum absolute atomic E-state index is 11.5. The van der Waals surface area contributed by atoms with Gasteiger partial charge in [0.25, 0.3) is 0 Å². The standard InChI is InChI=1S/C12H24O3S2/c1-3-7-16-9-12(13)10-5-4-6-11(8-10)17(2,14)15/h10-13H,3-9H2,1-2H3. The lowest BCUT2D eigenvalue weighted by Gasteiger charge is -2.31. The molecule has 3 atom stereocenters. The molecule has 0 bridgehead atoms. The molecule has 0 aliphatic heterocycles. The Bertz CT molecular complexity index is 314. The molecule has 3 unspecified atom stereocenters. The quantitative estimate of drug-likeness (QED) is 0.757. The molecule has 1 rings (SSSR count). The van der Waals surface area contributed by atoms with Crippen LogP contribution in [0.2, 0.25) is 0 Å². The van der Waals surface area contributed by atoms with Gasteiger partial charge in [0.05, 0.1) is 11.4 Å². The average Bonchev–Trinajstić information content (AvgIpc) is 2.28. The minimum Gasteiger partial charge on any atom is -0.392 e. The van der Waals surface area contributed by atoms with E-state index in [9.17, 15) is 13.5 Å².